The molecule has 5 heteroatoms. The van der Waals surface area contributed by atoms with Crippen molar-refractivity contribution in [2.45, 2.75) is 32.6 Å². The zero-order valence-corrected chi connectivity index (χ0v) is 12.7. The first kappa shape index (κ1) is 16.2. The smallest absolute Gasteiger partial charge is 0.212 e. The molecule has 1 aromatic rings. The average Bonchev–Trinajstić information content (AvgIpc) is 2.38. The first-order chi connectivity index (χ1) is 9.03. The first-order valence-electron chi connectivity index (χ1n) is 6.47. The quantitative estimate of drug-likeness (QED) is 0.742. The van der Waals surface area contributed by atoms with Crippen LogP contribution in [0.25, 0.3) is 6.08 Å². The highest BCUT2D eigenvalue weighted by molar-refractivity contribution is 7.92. The molecule has 0 bridgehead atoms. The van der Waals surface area contributed by atoms with Crippen LogP contribution in [0.4, 0.5) is 0 Å². The van der Waals surface area contributed by atoms with E-state index in [0.29, 0.717) is 11.6 Å². The Bertz CT molecular complexity index is 495. The summed E-state index contributed by atoms with van der Waals surface area (Å²) in [7, 11) is -3.34. The van der Waals surface area contributed by atoms with E-state index in [1.807, 2.05) is 0 Å². The van der Waals surface area contributed by atoms with E-state index in [4.69, 9.17) is 11.6 Å². The van der Waals surface area contributed by atoms with E-state index in [2.05, 4.69) is 11.6 Å². The minimum absolute atomic E-state index is 0.493. The molecular formula is C14H20ClNO2S. The van der Waals surface area contributed by atoms with Gasteiger partial charge in [0.05, 0.1) is 0 Å². The third-order valence-corrected chi connectivity index (χ3v) is 4.00. The predicted octanol–water partition coefficient (Wildman–Crippen LogP) is 3.81. The highest BCUT2D eigenvalue weighted by Crippen LogP contribution is 2.11. The number of halogens is 1. The topological polar surface area (TPSA) is 46.2 Å². The molecule has 106 valence electrons. The highest BCUT2D eigenvalue weighted by atomic mass is 35.5. The van der Waals surface area contributed by atoms with Crippen molar-refractivity contribution in [2.24, 2.45) is 0 Å². The van der Waals surface area contributed by atoms with Crippen molar-refractivity contribution in [1.29, 1.82) is 0 Å². The second-order valence-corrected chi connectivity index (χ2v) is 6.44. The summed E-state index contributed by atoms with van der Waals surface area (Å²) in [5, 5.41) is 1.82. The molecule has 0 aliphatic rings. The standard InChI is InChI=1S/C14H20ClNO2S/c1-2-3-4-5-11-16-19(17,18)12-10-13-6-8-14(15)9-7-13/h6-10,12,16H,2-5,11H2,1H3/b12-10+. The maximum absolute atomic E-state index is 11.7. The third kappa shape index (κ3) is 7.35. The van der Waals surface area contributed by atoms with Gasteiger partial charge in [-0.1, -0.05) is 49.9 Å². The fraction of sp³-hybridized carbons (Fsp3) is 0.429. The summed E-state index contributed by atoms with van der Waals surface area (Å²) in [6, 6.07) is 7.00. The van der Waals surface area contributed by atoms with Crippen molar-refractivity contribution in [2.75, 3.05) is 6.54 Å². The van der Waals surface area contributed by atoms with Gasteiger partial charge in [-0.2, -0.15) is 0 Å². The molecule has 0 amide bonds. The Morgan fingerprint density at radius 3 is 2.47 bits per heavy atom. The van der Waals surface area contributed by atoms with Crippen LogP contribution < -0.4 is 4.72 Å². The Balaban J connectivity index is 2.43. The second-order valence-electron chi connectivity index (χ2n) is 4.35. The van der Waals surface area contributed by atoms with Crippen molar-refractivity contribution in [3.8, 4) is 0 Å². The zero-order chi connectivity index (χ0) is 14.1. The molecule has 19 heavy (non-hydrogen) atoms. The largest absolute Gasteiger partial charge is 0.233 e. The van der Waals surface area contributed by atoms with Crippen LogP contribution in [0.3, 0.4) is 0 Å². The van der Waals surface area contributed by atoms with Gasteiger partial charge in [-0.25, -0.2) is 13.1 Å². The van der Waals surface area contributed by atoms with Crippen molar-refractivity contribution in [3.05, 3.63) is 40.3 Å². The highest BCUT2D eigenvalue weighted by Gasteiger charge is 2.03. The van der Waals surface area contributed by atoms with Crippen LogP contribution in [0.15, 0.2) is 29.7 Å². The second kappa shape index (κ2) is 8.35. The van der Waals surface area contributed by atoms with Gasteiger partial charge >= 0.3 is 0 Å². The molecule has 0 radical (unpaired) electrons. The molecule has 0 saturated heterocycles. The predicted molar refractivity (Wildman–Crippen MR) is 81.6 cm³/mol. The van der Waals surface area contributed by atoms with Gasteiger partial charge < -0.3 is 0 Å². The van der Waals surface area contributed by atoms with Crippen molar-refractivity contribution in [3.63, 3.8) is 0 Å². The van der Waals surface area contributed by atoms with E-state index >= 15 is 0 Å². The van der Waals surface area contributed by atoms with Gasteiger partial charge in [0.2, 0.25) is 10.0 Å². The molecule has 0 aliphatic carbocycles. The Morgan fingerprint density at radius 2 is 1.84 bits per heavy atom. The van der Waals surface area contributed by atoms with E-state index in [-0.39, 0.29) is 0 Å². The fourth-order valence-electron chi connectivity index (χ4n) is 1.56. The van der Waals surface area contributed by atoms with Crippen LogP contribution in [0.2, 0.25) is 5.02 Å². The Labute approximate surface area is 120 Å². The molecule has 0 heterocycles. The van der Waals surface area contributed by atoms with Crippen molar-refractivity contribution >= 4 is 27.7 Å². The summed E-state index contributed by atoms with van der Waals surface area (Å²) in [4.78, 5) is 0. The lowest BCUT2D eigenvalue weighted by Gasteiger charge is -2.02. The van der Waals surface area contributed by atoms with Crippen LogP contribution in [0, 0.1) is 0 Å². The van der Waals surface area contributed by atoms with Gasteiger partial charge in [-0.3, -0.25) is 0 Å². The number of benzene rings is 1. The summed E-state index contributed by atoms with van der Waals surface area (Å²) in [6.07, 6.45) is 5.78. The van der Waals surface area contributed by atoms with Crippen LogP contribution >= 0.6 is 11.6 Å². The molecular weight excluding hydrogens is 282 g/mol. The lowest BCUT2D eigenvalue weighted by Crippen LogP contribution is -2.22. The van der Waals surface area contributed by atoms with Gasteiger partial charge in [0.1, 0.15) is 0 Å². The van der Waals surface area contributed by atoms with E-state index in [0.717, 1.165) is 31.2 Å². The number of hydrogen-bond donors (Lipinski definition) is 1. The van der Waals surface area contributed by atoms with Crippen LogP contribution in [0.5, 0.6) is 0 Å². The summed E-state index contributed by atoms with van der Waals surface area (Å²) >= 11 is 5.76. The lowest BCUT2D eigenvalue weighted by molar-refractivity contribution is 0.582. The molecule has 0 aromatic heterocycles. The fourth-order valence-corrected chi connectivity index (χ4v) is 2.54. The molecule has 1 aromatic carbocycles. The number of rotatable bonds is 8. The van der Waals surface area contributed by atoms with Gasteiger partial charge in [-0.05, 0) is 30.2 Å². The SMILES string of the molecule is CCCCCCNS(=O)(=O)/C=C/c1ccc(Cl)cc1. The maximum atomic E-state index is 11.7. The normalized spacial score (nSPS) is 12.1. The van der Waals surface area contributed by atoms with Gasteiger partial charge in [-0.15, -0.1) is 0 Å². The molecule has 0 fully saturated rings. The van der Waals surface area contributed by atoms with E-state index in [1.165, 1.54) is 5.41 Å². The number of hydrogen-bond acceptors (Lipinski definition) is 2. The first-order valence-corrected chi connectivity index (χ1v) is 8.39. The Hall–Kier alpha value is -0.840. The summed E-state index contributed by atoms with van der Waals surface area (Å²) in [5.74, 6) is 0. The zero-order valence-electron chi connectivity index (χ0n) is 11.1. The molecule has 0 atom stereocenters. The van der Waals surface area contributed by atoms with Crippen molar-refractivity contribution < 1.29 is 8.42 Å². The number of sulfonamides is 1. The monoisotopic (exact) mass is 301 g/mol. The van der Waals surface area contributed by atoms with Crippen LogP contribution in [-0.4, -0.2) is 15.0 Å². The average molecular weight is 302 g/mol. The molecule has 0 saturated carbocycles. The van der Waals surface area contributed by atoms with Gasteiger partial charge in [0.25, 0.3) is 0 Å². The number of unbranched alkanes of at least 4 members (excludes halogenated alkanes) is 3. The van der Waals surface area contributed by atoms with Gasteiger partial charge in [0.15, 0.2) is 0 Å². The van der Waals surface area contributed by atoms with Crippen LogP contribution in [-0.2, 0) is 10.0 Å². The van der Waals surface area contributed by atoms with E-state index in [1.54, 1.807) is 30.3 Å². The maximum Gasteiger partial charge on any atom is 0.233 e. The Morgan fingerprint density at radius 1 is 1.16 bits per heavy atom. The van der Waals surface area contributed by atoms with Crippen LogP contribution in [0.1, 0.15) is 38.2 Å². The van der Waals surface area contributed by atoms with Crippen molar-refractivity contribution in [1.82, 2.24) is 4.72 Å². The molecule has 3 nitrogen and oxygen atoms in total. The Kier molecular flexibility index (Phi) is 7.13. The lowest BCUT2D eigenvalue weighted by atomic mass is 10.2. The third-order valence-electron chi connectivity index (χ3n) is 2.64. The number of nitrogens with one attached hydrogen (secondary N) is 1. The summed E-state index contributed by atoms with van der Waals surface area (Å²) in [6.45, 7) is 2.62. The van der Waals surface area contributed by atoms with Gasteiger partial charge in [0, 0.05) is 17.0 Å². The molecule has 0 aliphatic heterocycles. The molecule has 0 spiro atoms. The minimum Gasteiger partial charge on any atom is -0.212 e. The molecule has 0 unspecified atom stereocenters. The molecule has 1 N–H and O–H groups in total. The minimum atomic E-state index is -3.34. The van der Waals surface area contributed by atoms with E-state index in [9.17, 15) is 8.42 Å². The summed E-state index contributed by atoms with van der Waals surface area (Å²) < 4.78 is 25.9. The van der Waals surface area contributed by atoms with E-state index < -0.39 is 10.0 Å². The summed E-state index contributed by atoms with van der Waals surface area (Å²) in [5.41, 5.74) is 0.806. The molecule has 1 rings (SSSR count).